The summed E-state index contributed by atoms with van der Waals surface area (Å²) in [5.74, 6) is -1.08. The molecule has 1 saturated heterocycles. The molecule has 17 heavy (non-hydrogen) atoms. The molecular weight excluding hydrogens is 310 g/mol. The van der Waals surface area contributed by atoms with E-state index >= 15 is 0 Å². The number of nitrogens with zero attached hydrogens (tertiary/aromatic N) is 1. The molecule has 0 aliphatic carbocycles. The molecule has 0 radical (unpaired) electrons. The summed E-state index contributed by atoms with van der Waals surface area (Å²) >= 11 is 3.10. The van der Waals surface area contributed by atoms with Crippen molar-refractivity contribution in [1.82, 2.24) is 4.31 Å². The van der Waals surface area contributed by atoms with Gasteiger partial charge in [-0.2, -0.15) is 4.31 Å². The highest BCUT2D eigenvalue weighted by Gasteiger charge is 2.30. The van der Waals surface area contributed by atoms with Crippen LogP contribution in [-0.4, -0.2) is 36.9 Å². The Bertz CT molecular complexity index is 566. The number of benzene rings is 1. The Hall–Kier alpha value is -0.920. The molecule has 0 amide bonds. The number of hydrogen-bond donors (Lipinski definition) is 1. The van der Waals surface area contributed by atoms with Gasteiger partial charge in [-0.25, -0.2) is 13.2 Å². The third-order valence-corrected chi connectivity index (χ3v) is 5.49. The molecule has 0 bridgehead atoms. The Labute approximate surface area is 107 Å². The largest absolute Gasteiger partial charge is 0.478 e. The molecule has 2 rings (SSSR count). The number of carboxylic acid groups (broad SMARTS) is 1. The number of sulfonamides is 1. The van der Waals surface area contributed by atoms with Crippen molar-refractivity contribution in [2.24, 2.45) is 0 Å². The number of rotatable bonds is 3. The van der Waals surface area contributed by atoms with Gasteiger partial charge in [0.05, 0.1) is 10.5 Å². The van der Waals surface area contributed by atoms with Crippen molar-refractivity contribution in [2.45, 2.75) is 11.3 Å². The third-order valence-electron chi connectivity index (χ3n) is 2.61. The number of hydrogen-bond acceptors (Lipinski definition) is 3. The van der Waals surface area contributed by atoms with Crippen LogP contribution in [0.5, 0.6) is 0 Å². The predicted octanol–water partition coefficient (Wildman–Crippen LogP) is 1.54. The number of halogens is 1. The summed E-state index contributed by atoms with van der Waals surface area (Å²) in [6.45, 7) is 1.05. The van der Waals surface area contributed by atoms with Gasteiger partial charge >= 0.3 is 5.97 Å². The summed E-state index contributed by atoms with van der Waals surface area (Å²) in [5.41, 5.74) is 0.0550. The molecule has 1 heterocycles. The molecule has 92 valence electrons. The maximum absolute atomic E-state index is 12.1. The predicted molar refractivity (Wildman–Crippen MR) is 64.5 cm³/mol. The number of aromatic carboxylic acids is 1. The molecule has 0 unspecified atom stereocenters. The second-order valence-corrected chi connectivity index (χ2v) is 6.47. The van der Waals surface area contributed by atoms with E-state index in [0.717, 1.165) is 6.42 Å². The van der Waals surface area contributed by atoms with Gasteiger partial charge in [0.15, 0.2) is 0 Å². The van der Waals surface area contributed by atoms with E-state index in [1.807, 2.05) is 0 Å². The van der Waals surface area contributed by atoms with Gasteiger partial charge in [0.1, 0.15) is 0 Å². The molecule has 1 aliphatic rings. The van der Waals surface area contributed by atoms with Crippen LogP contribution >= 0.6 is 15.9 Å². The molecule has 1 N–H and O–H groups in total. The van der Waals surface area contributed by atoms with Crippen LogP contribution in [0.1, 0.15) is 16.8 Å². The fourth-order valence-corrected chi connectivity index (χ4v) is 4.06. The Kier molecular flexibility index (Phi) is 3.24. The van der Waals surface area contributed by atoms with Crippen LogP contribution in [0.4, 0.5) is 0 Å². The fraction of sp³-hybridized carbons (Fsp3) is 0.300. The van der Waals surface area contributed by atoms with E-state index in [0.29, 0.717) is 13.1 Å². The SMILES string of the molecule is O=C(O)c1ccc(S(=O)(=O)N2CCC2)c(Br)c1. The Morgan fingerprint density at radius 1 is 1.35 bits per heavy atom. The molecule has 1 aliphatic heterocycles. The second-order valence-electron chi connectivity index (χ2n) is 3.71. The van der Waals surface area contributed by atoms with Crippen LogP contribution < -0.4 is 0 Å². The van der Waals surface area contributed by atoms with Gasteiger partial charge in [0, 0.05) is 17.6 Å². The minimum absolute atomic E-state index is 0.0550. The zero-order valence-electron chi connectivity index (χ0n) is 8.76. The molecule has 0 saturated carbocycles. The monoisotopic (exact) mass is 319 g/mol. The highest BCUT2D eigenvalue weighted by molar-refractivity contribution is 9.10. The first-order valence-electron chi connectivity index (χ1n) is 4.96. The average Bonchev–Trinajstić information content (AvgIpc) is 2.13. The van der Waals surface area contributed by atoms with Gasteiger partial charge in [-0.15, -0.1) is 0 Å². The molecule has 7 heteroatoms. The lowest BCUT2D eigenvalue weighted by atomic mass is 10.2. The van der Waals surface area contributed by atoms with Crippen LogP contribution in [0.15, 0.2) is 27.6 Å². The zero-order chi connectivity index (χ0) is 12.6. The third kappa shape index (κ3) is 2.22. The molecule has 0 atom stereocenters. The standard InChI is InChI=1S/C10H10BrNO4S/c11-8-6-7(10(13)14)2-3-9(8)17(15,16)12-4-1-5-12/h2-3,6H,1,4-5H2,(H,13,14). The molecular formula is C10H10BrNO4S. The summed E-state index contributed by atoms with van der Waals surface area (Å²) in [7, 11) is -3.48. The van der Waals surface area contributed by atoms with Crippen LogP contribution in [0.2, 0.25) is 0 Å². The van der Waals surface area contributed by atoms with E-state index in [1.54, 1.807) is 0 Å². The highest BCUT2D eigenvalue weighted by atomic mass is 79.9. The van der Waals surface area contributed by atoms with Crippen LogP contribution in [-0.2, 0) is 10.0 Å². The lowest BCUT2D eigenvalue weighted by Gasteiger charge is -2.30. The molecule has 0 spiro atoms. The summed E-state index contributed by atoms with van der Waals surface area (Å²) in [6, 6.07) is 3.91. The van der Waals surface area contributed by atoms with E-state index in [2.05, 4.69) is 15.9 Å². The molecule has 5 nitrogen and oxygen atoms in total. The summed E-state index contributed by atoms with van der Waals surface area (Å²) in [6.07, 6.45) is 0.865. The number of carboxylic acids is 1. The van der Waals surface area contributed by atoms with Crippen molar-refractivity contribution in [1.29, 1.82) is 0 Å². The van der Waals surface area contributed by atoms with Gasteiger partial charge in [0.25, 0.3) is 0 Å². The maximum atomic E-state index is 12.1. The topological polar surface area (TPSA) is 74.7 Å². The minimum atomic E-state index is -3.48. The van der Waals surface area contributed by atoms with Gasteiger partial charge in [-0.05, 0) is 40.5 Å². The quantitative estimate of drug-likeness (QED) is 0.917. The van der Waals surface area contributed by atoms with Gasteiger partial charge < -0.3 is 5.11 Å². The first-order chi connectivity index (χ1) is 7.93. The van der Waals surface area contributed by atoms with Crippen LogP contribution in [0.25, 0.3) is 0 Å². The Morgan fingerprint density at radius 3 is 2.41 bits per heavy atom. The first-order valence-corrected chi connectivity index (χ1v) is 7.19. The van der Waals surface area contributed by atoms with E-state index < -0.39 is 16.0 Å². The fourth-order valence-electron chi connectivity index (χ4n) is 1.51. The van der Waals surface area contributed by atoms with Crippen molar-refractivity contribution in [2.75, 3.05) is 13.1 Å². The average molecular weight is 320 g/mol. The highest BCUT2D eigenvalue weighted by Crippen LogP contribution is 2.28. The summed E-state index contributed by atoms with van der Waals surface area (Å²) < 4.78 is 25.8. The van der Waals surface area contributed by atoms with E-state index in [9.17, 15) is 13.2 Å². The van der Waals surface area contributed by atoms with E-state index in [4.69, 9.17) is 5.11 Å². The lowest BCUT2D eigenvalue weighted by molar-refractivity contribution is 0.0696. The summed E-state index contributed by atoms with van der Waals surface area (Å²) in [4.78, 5) is 10.8. The van der Waals surface area contributed by atoms with E-state index in [1.165, 1.54) is 22.5 Å². The van der Waals surface area contributed by atoms with Crippen LogP contribution in [0, 0.1) is 0 Å². The number of carbonyl (C=O) groups is 1. The molecule has 0 aromatic heterocycles. The first kappa shape index (κ1) is 12.5. The van der Waals surface area contributed by atoms with Crippen molar-refractivity contribution in [3.8, 4) is 0 Å². The minimum Gasteiger partial charge on any atom is -0.478 e. The molecule has 1 aromatic rings. The van der Waals surface area contributed by atoms with Crippen LogP contribution in [0.3, 0.4) is 0 Å². The van der Waals surface area contributed by atoms with Crippen molar-refractivity contribution < 1.29 is 18.3 Å². The smallest absolute Gasteiger partial charge is 0.335 e. The van der Waals surface area contributed by atoms with Crippen molar-refractivity contribution in [3.05, 3.63) is 28.2 Å². The van der Waals surface area contributed by atoms with E-state index in [-0.39, 0.29) is 14.9 Å². The molecule has 1 fully saturated rings. The normalized spacial score (nSPS) is 16.5. The van der Waals surface area contributed by atoms with Gasteiger partial charge in [-0.3, -0.25) is 0 Å². The zero-order valence-corrected chi connectivity index (χ0v) is 11.2. The van der Waals surface area contributed by atoms with Crippen molar-refractivity contribution in [3.63, 3.8) is 0 Å². The maximum Gasteiger partial charge on any atom is 0.335 e. The van der Waals surface area contributed by atoms with Crippen molar-refractivity contribution >= 4 is 31.9 Å². The Morgan fingerprint density at radius 2 is 2.00 bits per heavy atom. The summed E-state index contributed by atoms with van der Waals surface area (Å²) in [5, 5.41) is 8.79. The second kappa shape index (κ2) is 4.40. The Balaban J connectivity index is 2.43. The lowest BCUT2D eigenvalue weighted by Crippen LogP contribution is -2.42. The molecule has 1 aromatic carbocycles. The van der Waals surface area contributed by atoms with Gasteiger partial charge in [0.2, 0.25) is 10.0 Å². The van der Waals surface area contributed by atoms with Gasteiger partial charge in [-0.1, -0.05) is 0 Å².